The Morgan fingerprint density at radius 3 is 3.00 bits per heavy atom. The van der Waals surface area contributed by atoms with Gasteiger partial charge in [-0.25, -0.2) is 9.97 Å². The van der Waals surface area contributed by atoms with Crippen LogP contribution < -0.4 is 5.73 Å². The van der Waals surface area contributed by atoms with E-state index in [4.69, 9.17) is 15.6 Å². The van der Waals surface area contributed by atoms with Gasteiger partial charge >= 0.3 is 0 Å². The third-order valence-corrected chi connectivity index (χ3v) is 3.84. The maximum Gasteiger partial charge on any atom is 0.223 e. The summed E-state index contributed by atoms with van der Waals surface area (Å²) in [6.45, 7) is -0.223. The zero-order valence-corrected chi connectivity index (χ0v) is 11.9. The predicted molar refractivity (Wildman–Crippen MR) is 74.1 cm³/mol. The molecule has 0 radical (unpaired) electrons. The maximum atomic E-state index is 9.76. The Morgan fingerprint density at radius 1 is 1.53 bits per heavy atom. The van der Waals surface area contributed by atoms with Crippen molar-refractivity contribution in [3.63, 3.8) is 0 Å². The summed E-state index contributed by atoms with van der Waals surface area (Å²) in [4.78, 5) is 12.4. The Labute approximate surface area is 121 Å². The van der Waals surface area contributed by atoms with Gasteiger partial charge in [0.1, 0.15) is 21.5 Å². The first-order valence-corrected chi connectivity index (χ1v) is 6.78. The molecular formula is C10H12IN5O3. The minimum Gasteiger partial charge on any atom is -0.394 e. The van der Waals surface area contributed by atoms with Gasteiger partial charge in [-0.05, 0) is 22.6 Å². The number of imidazole rings is 1. The molecule has 3 heterocycles. The number of aliphatic hydroxyl groups excluding tert-OH is 2. The number of nitrogens with zero attached hydrogens (tertiary/aromatic N) is 4. The Hall–Kier alpha value is -1.04. The maximum absolute atomic E-state index is 9.76. The second kappa shape index (κ2) is 4.81. The van der Waals surface area contributed by atoms with E-state index in [-0.39, 0.29) is 12.6 Å². The molecule has 0 bridgehead atoms. The molecule has 3 atom stereocenters. The van der Waals surface area contributed by atoms with Gasteiger partial charge < -0.3 is 20.7 Å². The van der Waals surface area contributed by atoms with Crippen molar-refractivity contribution in [2.45, 2.75) is 24.9 Å². The molecule has 0 amide bonds. The van der Waals surface area contributed by atoms with Crippen molar-refractivity contribution in [3.05, 3.63) is 10.0 Å². The minimum atomic E-state index is -0.703. The van der Waals surface area contributed by atoms with Gasteiger partial charge in [0, 0.05) is 6.42 Å². The second-order valence-electron chi connectivity index (χ2n) is 4.31. The summed E-state index contributed by atoms with van der Waals surface area (Å²) in [5.74, 6) is 0.163. The Kier molecular flexibility index (Phi) is 3.28. The standard InChI is InChI=1S/C10H12IN5O3/c11-8-7-9(15-10(12)14-8)16(3-13-7)6-1-4(18)5(2-17)19-6/h3-6,17-18H,1-2H2,(H2,12,14,15)/t4-,5+,6+/m0/s1. The fraction of sp³-hybridized carbons (Fsp3) is 0.500. The van der Waals surface area contributed by atoms with Crippen LogP contribution in [0.1, 0.15) is 12.6 Å². The molecule has 102 valence electrons. The summed E-state index contributed by atoms with van der Waals surface area (Å²) in [6, 6.07) is 0. The van der Waals surface area contributed by atoms with E-state index in [2.05, 4.69) is 15.0 Å². The monoisotopic (exact) mass is 377 g/mol. The molecule has 0 unspecified atom stereocenters. The molecule has 9 heteroatoms. The van der Waals surface area contributed by atoms with Gasteiger partial charge in [-0.1, -0.05) is 0 Å². The summed E-state index contributed by atoms with van der Waals surface area (Å²) in [6.07, 6.45) is 0.253. The van der Waals surface area contributed by atoms with Crippen LogP contribution in [-0.4, -0.2) is 48.5 Å². The van der Waals surface area contributed by atoms with Crippen molar-refractivity contribution in [1.29, 1.82) is 0 Å². The average molecular weight is 377 g/mol. The van der Waals surface area contributed by atoms with Gasteiger partial charge in [0.15, 0.2) is 5.65 Å². The van der Waals surface area contributed by atoms with E-state index in [0.717, 1.165) is 0 Å². The molecule has 0 aliphatic carbocycles. The highest BCUT2D eigenvalue weighted by molar-refractivity contribution is 14.1. The van der Waals surface area contributed by atoms with Gasteiger partial charge in [-0.2, -0.15) is 4.98 Å². The van der Waals surface area contributed by atoms with Crippen LogP contribution in [0.4, 0.5) is 5.95 Å². The van der Waals surface area contributed by atoms with Crippen LogP contribution in [0.3, 0.4) is 0 Å². The number of aliphatic hydroxyl groups is 2. The molecule has 1 aliphatic rings. The molecule has 1 aliphatic heterocycles. The van der Waals surface area contributed by atoms with E-state index in [1.54, 1.807) is 10.9 Å². The van der Waals surface area contributed by atoms with Crippen molar-refractivity contribution < 1.29 is 14.9 Å². The van der Waals surface area contributed by atoms with Crippen molar-refractivity contribution in [3.8, 4) is 0 Å². The van der Waals surface area contributed by atoms with Crippen LogP contribution in [0.5, 0.6) is 0 Å². The fourth-order valence-electron chi connectivity index (χ4n) is 2.16. The lowest BCUT2D eigenvalue weighted by atomic mass is 10.2. The van der Waals surface area contributed by atoms with Crippen molar-refractivity contribution >= 4 is 39.7 Å². The van der Waals surface area contributed by atoms with Crippen molar-refractivity contribution in [1.82, 2.24) is 19.5 Å². The normalized spacial score (nSPS) is 27.2. The molecule has 0 aromatic carbocycles. The van der Waals surface area contributed by atoms with Gasteiger partial charge in [0.25, 0.3) is 0 Å². The van der Waals surface area contributed by atoms with E-state index in [9.17, 15) is 5.11 Å². The zero-order valence-electron chi connectivity index (χ0n) is 9.77. The van der Waals surface area contributed by atoms with Gasteiger partial charge in [-0.3, -0.25) is 4.57 Å². The van der Waals surface area contributed by atoms with Gasteiger partial charge in [-0.15, -0.1) is 0 Å². The SMILES string of the molecule is Nc1nc(I)c2ncn([C@H]3C[C@H](O)[C@@H](CO)O3)c2n1. The quantitative estimate of drug-likeness (QED) is 0.484. The van der Waals surface area contributed by atoms with Gasteiger partial charge in [0.05, 0.1) is 19.0 Å². The lowest BCUT2D eigenvalue weighted by Crippen LogP contribution is -2.24. The van der Waals surface area contributed by atoms with Crippen LogP contribution in [0, 0.1) is 3.70 Å². The van der Waals surface area contributed by atoms with Crippen LogP contribution in [0.2, 0.25) is 0 Å². The smallest absolute Gasteiger partial charge is 0.223 e. The van der Waals surface area contributed by atoms with E-state index < -0.39 is 18.4 Å². The zero-order chi connectivity index (χ0) is 13.6. The topological polar surface area (TPSA) is 119 Å². The number of halogens is 1. The molecule has 1 saturated heterocycles. The molecule has 0 spiro atoms. The molecular weight excluding hydrogens is 365 g/mol. The molecule has 4 N–H and O–H groups in total. The molecule has 0 saturated carbocycles. The van der Waals surface area contributed by atoms with E-state index in [0.29, 0.717) is 21.3 Å². The number of rotatable bonds is 2. The highest BCUT2D eigenvalue weighted by atomic mass is 127. The second-order valence-corrected chi connectivity index (χ2v) is 5.33. The molecule has 3 rings (SSSR count). The third-order valence-electron chi connectivity index (χ3n) is 3.09. The number of anilines is 1. The van der Waals surface area contributed by atoms with Gasteiger partial charge in [0.2, 0.25) is 5.95 Å². The number of hydrogen-bond donors (Lipinski definition) is 3. The Bertz CT molecular complexity index is 618. The molecule has 19 heavy (non-hydrogen) atoms. The summed E-state index contributed by atoms with van der Waals surface area (Å²) in [5.41, 5.74) is 6.84. The number of fused-ring (bicyclic) bond motifs is 1. The number of aromatic nitrogens is 4. The Balaban J connectivity index is 2.02. The van der Waals surface area contributed by atoms with Crippen molar-refractivity contribution in [2.75, 3.05) is 12.3 Å². The largest absolute Gasteiger partial charge is 0.394 e. The minimum absolute atomic E-state index is 0.163. The summed E-state index contributed by atoms with van der Waals surface area (Å²) < 4.78 is 7.94. The van der Waals surface area contributed by atoms with E-state index in [1.165, 1.54) is 0 Å². The molecule has 1 fully saturated rings. The number of nitrogens with two attached hydrogens (primary N) is 1. The van der Waals surface area contributed by atoms with Crippen LogP contribution in [0.15, 0.2) is 6.33 Å². The number of nitrogen functional groups attached to an aromatic ring is 1. The van der Waals surface area contributed by atoms with E-state index >= 15 is 0 Å². The van der Waals surface area contributed by atoms with E-state index in [1.807, 2.05) is 22.6 Å². The molecule has 2 aromatic rings. The fourth-order valence-corrected chi connectivity index (χ4v) is 2.79. The number of ether oxygens (including phenoxy) is 1. The summed E-state index contributed by atoms with van der Waals surface area (Å²) in [5, 5.41) is 18.9. The van der Waals surface area contributed by atoms with Crippen LogP contribution in [0.25, 0.3) is 11.2 Å². The highest BCUT2D eigenvalue weighted by Gasteiger charge is 2.35. The highest BCUT2D eigenvalue weighted by Crippen LogP contribution is 2.31. The summed E-state index contributed by atoms with van der Waals surface area (Å²) >= 11 is 2.04. The Morgan fingerprint density at radius 2 is 2.32 bits per heavy atom. The first-order chi connectivity index (χ1) is 9.10. The molecule has 2 aromatic heterocycles. The number of hydrogen-bond acceptors (Lipinski definition) is 7. The predicted octanol–water partition coefficient (Wildman–Crippen LogP) is -0.346. The molecule has 8 nitrogen and oxygen atoms in total. The van der Waals surface area contributed by atoms with Crippen LogP contribution in [-0.2, 0) is 4.74 Å². The first kappa shape index (κ1) is 13.0. The third kappa shape index (κ3) is 2.16. The van der Waals surface area contributed by atoms with Crippen LogP contribution >= 0.6 is 22.6 Å². The lowest BCUT2D eigenvalue weighted by molar-refractivity contribution is -0.0432. The van der Waals surface area contributed by atoms with Crippen molar-refractivity contribution in [2.24, 2.45) is 0 Å². The summed E-state index contributed by atoms with van der Waals surface area (Å²) in [7, 11) is 0. The lowest BCUT2D eigenvalue weighted by Gasteiger charge is -2.13. The first-order valence-electron chi connectivity index (χ1n) is 5.70. The average Bonchev–Trinajstić information content (AvgIpc) is 2.92.